The van der Waals surface area contributed by atoms with Crippen LogP contribution in [0.3, 0.4) is 0 Å². The van der Waals surface area contributed by atoms with Crippen LogP contribution < -0.4 is 14.8 Å². The first-order chi connectivity index (χ1) is 10.5. The van der Waals surface area contributed by atoms with E-state index in [-0.39, 0.29) is 41.4 Å². The van der Waals surface area contributed by atoms with Crippen LogP contribution in [0.25, 0.3) is 0 Å². The van der Waals surface area contributed by atoms with E-state index < -0.39 is 4.92 Å². The summed E-state index contributed by atoms with van der Waals surface area (Å²) in [7, 11) is 2.81. The number of hydrogen-bond acceptors (Lipinski definition) is 6. The molecule has 1 fully saturated rings. The maximum absolute atomic E-state index is 12.6. The third kappa shape index (κ3) is 4.02. The number of carbonyl (C=O) groups excluding carboxylic acids is 1. The topological polar surface area (TPSA) is 93.9 Å². The van der Waals surface area contributed by atoms with Crippen LogP contribution in [0.5, 0.6) is 11.5 Å². The Labute approximate surface area is 140 Å². The molecule has 0 saturated carbocycles. The van der Waals surface area contributed by atoms with Gasteiger partial charge < -0.3 is 19.7 Å². The number of rotatable bonds is 4. The number of nitrogens with one attached hydrogen (secondary N) is 1. The minimum Gasteiger partial charge on any atom is -0.493 e. The second kappa shape index (κ2) is 7.98. The summed E-state index contributed by atoms with van der Waals surface area (Å²) < 4.78 is 10.2. The van der Waals surface area contributed by atoms with E-state index in [0.717, 1.165) is 0 Å². The Morgan fingerprint density at radius 3 is 2.48 bits per heavy atom. The zero-order valence-corrected chi connectivity index (χ0v) is 14.0. The van der Waals surface area contributed by atoms with Gasteiger partial charge in [-0.05, 0) is 6.92 Å². The molecule has 0 unspecified atom stereocenters. The molecule has 2 rings (SSSR count). The summed E-state index contributed by atoms with van der Waals surface area (Å²) in [5.74, 6) is 0.139. The van der Waals surface area contributed by atoms with Crippen LogP contribution in [0.15, 0.2) is 12.1 Å². The fourth-order valence-electron chi connectivity index (χ4n) is 2.48. The number of methoxy groups -OCH3 is 2. The predicted molar refractivity (Wildman–Crippen MR) is 86.8 cm³/mol. The van der Waals surface area contributed by atoms with Crippen molar-refractivity contribution in [1.29, 1.82) is 0 Å². The Bertz CT molecular complexity index is 596. The summed E-state index contributed by atoms with van der Waals surface area (Å²) in [6.07, 6.45) is 0. The Kier molecular flexibility index (Phi) is 6.59. The van der Waals surface area contributed by atoms with Crippen LogP contribution in [-0.2, 0) is 0 Å². The van der Waals surface area contributed by atoms with Crippen molar-refractivity contribution < 1.29 is 19.2 Å². The number of ether oxygens (including phenoxy) is 2. The molecule has 0 aromatic heterocycles. The molecule has 1 saturated heterocycles. The smallest absolute Gasteiger partial charge is 0.286 e. The van der Waals surface area contributed by atoms with Crippen molar-refractivity contribution in [2.75, 3.05) is 33.9 Å². The van der Waals surface area contributed by atoms with Crippen molar-refractivity contribution in [2.24, 2.45) is 0 Å². The van der Waals surface area contributed by atoms with Crippen molar-refractivity contribution in [3.8, 4) is 11.5 Å². The maximum Gasteiger partial charge on any atom is 0.286 e. The van der Waals surface area contributed by atoms with E-state index in [0.29, 0.717) is 25.4 Å². The summed E-state index contributed by atoms with van der Waals surface area (Å²) >= 11 is 0. The lowest BCUT2D eigenvalue weighted by atomic mass is 10.1. The fourth-order valence-corrected chi connectivity index (χ4v) is 2.48. The molecule has 1 heterocycles. The molecule has 1 N–H and O–H groups in total. The van der Waals surface area contributed by atoms with Gasteiger partial charge in [-0.25, -0.2) is 0 Å². The van der Waals surface area contributed by atoms with Crippen LogP contribution in [0.4, 0.5) is 5.69 Å². The summed E-state index contributed by atoms with van der Waals surface area (Å²) in [6.45, 7) is 3.63. The lowest BCUT2D eigenvalue weighted by molar-refractivity contribution is -0.385. The third-order valence-corrected chi connectivity index (χ3v) is 3.58. The minimum atomic E-state index is -0.583. The quantitative estimate of drug-likeness (QED) is 0.656. The van der Waals surface area contributed by atoms with Gasteiger partial charge in [0.15, 0.2) is 11.5 Å². The highest BCUT2D eigenvalue weighted by atomic mass is 35.5. The Morgan fingerprint density at radius 2 is 1.96 bits per heavy atom. The number of nitrogens with zero attached hydrogens (tertiary/aromatic N) is 2. The van der Waals surface area contributed by atoms with Crippen LogP contribution in [0.1, 0.15) is 17.3 Å². The van der Waals surface area contributed by atoms with E-state index in [1.807, 2.05) is 6.92 Å². The van der Waals surface area contributed by atoms with Crippen molar-refractivity contribution in [1.82, 2.24) is 10.2 Å². The number of nitro benzene ring substituents is 1. The molecule has 1 aromatic carbocycles. The molecule has 1 aliphatic rings. The van der Waals surface area contributed by atoms with Gasteiger partial charge in [-0.15, -0.1) is 12.4 Å². The summed E-state index contributed by atoms with van der Waals surface area (Å²) in [4.78, 5) is 24.9. The van der Waals surface area contributed by atoms with Gasteiger partial charge in [0.1, 0.15) is 5.56 Å². The maximum atomic E-state index is 12.6. The SMILES string of the molecule is COc1cc(C(=O)N2CCN[C@H](C)C2)c([N+](=O)[O-])cc1OC.Cl. The highest BCUT2D eigenvalue weighted by Gasteiger charge is 2.29. The Hall–Kier alpha value is -2.06. The van der Waals surface area contributed by atoms with Gasteiger partial charge in [0.25, 0.3) is 11.6 Å². The van der Waals surface area contributed by atoms with Crippen molar-refractivity contribution >= 4 is 24.0 Å². The second-order valence-corrected chi connectivity index (χ2v) is 5.09. The van der Waals surface area contributed by atoms with Gasteiger partial charge in [0.05, 0.1) is 25.2 Å². The second-order valence-electron chi connectivity index (χ2n) is 5.09. The molecule has 128 valence electrons. The average Bonchev–Trinajstić information content (AvgIpc) is 2.52. The summed E-state index contributed by atoms with van der Waals surface area (Å²) in [5, 5.41) is 14.5. The average molecular weight is 346 g/mol. The van der Waals surface area contributed by atoms with Crippen molar-refractivity contribution in [3.05, 3.63) is 27.8 Å². The normalized spacial score (nSPS) is 17.2. The molecule has 1 aromatic rings. The van der Waals surface area contributed by atoms with Gasteiger partial charge in [-0.1, -0.05) is 0 Å². The van der Waals surface area contributed by atoms with Gasteiger partial charge in [0, 0.05) is 31.7 Å². The molecule has 1 aliphatic heterocycles. The van der Waals surface area contributed by atoms with E-state index in [9.17, 15) is 14.9 Å². The lowest BCUT2D eigenvalue weighted by Crippen LogP contribution is -2.51. The lowest BCUT2D eigenvalue weighted by Gasteiger charge is -2.31. The van der Waals surface area contributed by atoms with E-state index in [2.05, 4.69) is 5.32 Å². The molecular formula is C14H20ClN3O5. The van der Waals surface area contributed by atoms with Crippen LogP contribution in [0.2, 0.25) is 0 Å². The van der Waals surface area contributed by atoms with Gasteiger partial charge >= 0.3 is 0 Å². The fraction of sp³-hybridized carbons (Fsp3) is 0.500. The number of benzene rings is 1. The Balaban J connectivity index is 0.00000264. The van der Waals surface area contributed by atoms with Crippen LogP contribution >= 0.6 is 12.4 Å². The molecule has 1 amide bonds. The monoisotopic (exact) mass is 345 g/mol. The first kappa shape index (κ1) is 19.0. The molecule has 0 aliphatic carbocycles. The molecule has 8 nitrogen and oxygen atoms in total. The van der Waals surface area contributed by atoms with E-state index in [1.165, 1.54) is 26.4 Å². The van der Waals surface area contributed by atoms with Gasteiger partial charge in [0.2, 0.25) is 0 Å². The molecular weight excluding hydrogens is 326 g/mol. The predicted octanol–water partition coefficient (Wildman–Crippen LogP) is 1.47. The van der Waals surface area contributed by atoms with Gasteiger partial charge in [-0.2, -0.15) is 0 Å². The highest BCUT2D eigenvalue weighted by Crippen LogP contribution is 2.35. The van der Waals surface area contributed by atoms with Crippen LogP contribution in [0, 0.1) is 10.1 Å². The van der Waals surface area contributed by atoms with E-state index in [1.54, 1.807) is 4.90 Å². The van der Waals surface area contributed by atoms with Crippen molar-refractivity contribution in [2.45, 2.75) is 13.0 Å². The van der Waals surface area contributed by atoms with E-state index >= 15 is 0 Å². The standard InChI is InChI=1S/C14H19N3O5.ClH/c1-9-8-16(5-4-15-9)14(18)10-6-12(21-2)13(22-3)7-11(10)17(19)20;/h6-7,9,15H,4-5,8H2,1-3H3;1H/t9-;/m1./s1. The summed E-state index contributed by atoms with van der Waals surface area (Å²) in [5.41, 5.74) is -0.273. The number of carbonyl (C=O) groups is 1. The number of halogens is 1. The molecule has 0 spiro atoms. The highest BCUT2D eigenvalue weighted by molar-refractivity contribution is 5.99. The minimum absolute atomic E-state index is 0. The molecule has 23 heavy (non-hydrogen) atoms. The largest absolute Gasteiger partial charge is 0.493 e. The number of piperazine rings is 1. The molecule has 0 bridgehead atoms. The molecule has 0 radical (unpaired) electrons. The zero-order valence-electron chi connectivity index (χ0n) is 13.2. The molecule has 1 atom stereocenters. The summed E-state index contributed by atoms with van der Waals surface area (Å²) in [6, 6.07) is 2.74. The van der Waals surface area contributed by atoms with Crippen molar-refractivity contribution in [3.63, 3.8) is 0 Å². The number of amides is 1. The number of nitro groups is 1. The first-order valence-corrected chi connectivity index (χ1v) is 6.91. The van der Waals surface area contributed by atoms with Crippen LogP contribution in [-0.4, -0.2) is 55.6 Å². The zero-order chi connectivity index (χ0) is 16.3. The Morgan fingerprint density at radius 1 is 1.35 bits per heavy atom. The van der Waals surface area contributed by atoms with E-state index in [4.69, 9.17) is 9.47 Å². The molecule has 9 heteroatoms. The third-order valence-electron chi connectivity index (χ3n) is 3.58. The number of hydrogen-bond donors (Lipinski definition) is 1. The first-order valence-electron chi connectivity index (χ1n) is 6.91. The van der Waals surface area contributed by atoms with Gasteiger partial charge in [-0.3, -0.25) is 14.9 Å².